The fraction of sp³-hybridized carbons (Fsp3) is 0.517. The lowest BCUT2D eigenvalue weighted by Crippen LogP contribution is -2.50. The molecule has 2 aromatic rings. The van der Waals surface area contributed by atoms with E-state index in [1.807, 2.05) is 12.1 Å². The first-order chi connectivity index (χ1) is 16.2. The van der Waals surface area contributed by atoms with Gasteiger partial charge in [-0.3, -0.25) is 0 Å². The Morgan fingerprint density at radius 2 is 1.73 bits per heavy atom. The summed E-state index contributed by atoms with van der Waals surface area (Å²) in [5, 5.41) is 19.5. The highest BCUT2D eigenvalue weighted by Gasteiger charge is 2.50. The van der Waals surface area contributed by atoms with Crippen molar-refractivity contribution in [2.75, 3.05) is 26.2 Å². The van der Waals surface area contributed by atoms with Crippen LogP contribution in [0.5, 0.6) is 5.75 Å². The van der Waals surface area contributed by atoms with E-state index in [1.165, 1.54) is 31.2 Å². The van der Waals surface area contributed by atoms with Crippen molar-refractivity contribution in [3.05, 3.63) is 65.7 Å². The predicted molar refractivity (Wildman–Crippen MR) is 131 cm³/mol. The second-order valence-corrected chi connectivity index (χ2v) is 9.84. The van der Waals surface area contributed by atoms with E-state index in [-0.39, 0.29) is 5.41 Å². The lowest BCUT2D eigenvalue weighted by Gasteiger charge is -2.48. The van der Waals surface area contributed by atoms with E-state index in [4.69, 9.17) is 10.00 Å². The molecule has 1 aliphatic heterocycles. The lowest BCUT2D eigenvalue weighted by molar-refractivity contribution is 0.0661. The molecule has 33 heavy (non-hydrogen) atoms. The van der Waals surface area contributed by atoms with Crippen LogP contribution in [0.4, 0.5) is 0 Å². The first kappa shape index (κ1) is 23.3. The van der Waals surface area contributed by atoms with Crippen molar-refractivity contribution < 1.29 is 4.74 Å². The van der Waals surface area contributed by atoms with Gasteiger partial charge >= 0.3 is 0 Å². The molecule has 0 N–H and O–H groups in total. The van der Waals surface area contributed by atoms with Crippen LogP contribution < -0.4 is 4.74 Å². The molecule has 1 aliphatic carbocycles. The van der Waals surface area contributed by atoms with Crippen molar-refractivity contribution in [2.24, 2.45) is 17.8 Å². The Balaban J connectivity index is 1.36. The molecular formula is C29H35N3O. The minimum absolute atomic E-state index is 0.359. The zero-order chi connectivity index (χ0) is 23.1. The van der Waals surface area contributed by atoms with Gasteiger partial charge in [0.2, 0.25) is 0 Å². The maximum atomic E-state index is 10.6. The molecule has 172 valence electrons. The van der Waals surface area contributed by atoms with Crippen molar-refractivity contribution in [3.8, 4) is 17.9 Å². The minimum Gasteiger partial charge on any atom is -0.494 e. The van der Waals surface area contributed by atoms with E-state index < -0.39 is 0 Å². The van der Waals surface area contributed by atoms with Crippen LogP contribution in [0, 0.1) is 40.4 Å². The highest BCUT2D eigenvalue weighted by atomic mass is 16.5. The number of hydrogen-bond acceptors (Lipinski definition) is 4. The molecule has 4 nitrogen and oxygen atoms in total. The summed E-state index contributed by atoms with van der Waals surface area (Å²) in [6.07, 6.45) is 6.93. The van der Waals surface area contributed by atoms with Crippen LogP contribution in [0.15, 0.2) is 54.6 Å². The number of hydrogen-bond donors (Lipinski definition) is 0. The number of rotatable bonds is 8. The summed E-state index contributed by atoms with van der Waals surface area (Å²) in [4.78, 5) is 2.55. The van der Waals surface area contributed by atoms with Crippen LogP contribution >= 0.6 is 0 Å². The summed E-state index contributed by atoms with van der Waals surface area (Å²) in [5.41, 5.74) is 1.53. The molecule has 4 rings (SSSR count). The van der Waals surface area contributed by atoms with Crippen LogP contribution in [0.3, 0.4) is 0 Å². The van der Waals surface area contributed by atoms with Gasteiger partial charge in [0, 0.05) is 13.1 Å². The molecule has 1 saturated heterocycles. The van der Waals surface area contributed by atoms with Crippen LogP contribution in [-0.4, -0.2) is 31.1 Å². The molecule has 4 heteroatoms. The Hall–Kier alpha value is -2.82. The predicted octanol–water partition coefficient (Wildman–Crippen LogP) is 5.94. The topological polar surface area (TPSA) is 60.0 Å². The maximum Gasteiger partial charge on any atom is 0.119 e. The van der Waals surface area contributed by atoms with E-state index in [9.17, 15) is 5.26 Å². The van der Waals surface area contributed by atoms with E-state index >= 15 is 0 Å². The number of ether oxygens (including phenoxy) is 1. The zero-order valence-corrected chi connectivity index (χ0v) is 19.7. The number of likely N-dealkylation sites (tertiary alicyclic amines) is 1. The molecule has 3 atom stereocenters. The number of benzene rings is 2. The van der Waals surface area contributed by atoms with Crippen LogP contribution in [0.25, 0.3) is 0 Å². The standard InChI is InChI=1S/C29H35N3O/c1-23-21-32(17-7-19-33-27-14-12-24(20-30)13-15-27)18-16-28(23)29(22-31,26-10-5-6-11-26)25-8-3-2-4-9-25/h2-4,8-9,12-15,23,26,28H,5-7,10-11,16-19,21H2,1H3. The third-order valence-electron chi connectivity index (χ3n) is 7.88. The molecule has 3 unspecified atom stereocenters. The lowest BCUT2D eigenvalue weighted by atomic mass is 9.57. The normalized spacial score (nSPS) is 23.4. The summed E-state index contributed by atoms with van der Waals surface area (Å²) in [7, 11) is 0. The second kappa shape index (κ2) is 10.9. The molecule has 1 saturated carbocycles. The van der Waals surface area contributed by atoms with E-state index in [0.29, 0.717) is 29.9 Å². The first-order valence-electron chi connectivity index (χ1n) is 12.5. The van der Waals surface area contributed by atoms with E-state index in [0.717, 1.165) is 38.2 Å². The maximum absolute atomic E-state index is 10.6. The zero-order valence-electron chi connectivity index (χ0n) is 19.7. The summed E-state index contributed by atoms with van der Waals surface area (Å²) < 4.78 is 5.86. The summed E-state index contributed by atoms with van der Waals surface area (Å²) in [6.45, 7) is 6.14. The van der Waals surface area contributed by atoms with Gasteiger partial charge in [0.1, 0.15) is 5.75 Å². The molecule has 2 fully saturated rings. The van der Waals surface area contributed by atoms with Gasteiger partial charge in [-0.05, 0) is 79.8 Å². The second-order valence-electron chi connectivity index (χ2n) is 9.84. The molecule has 0 amide bonds. The quantitative estimate of drug-likeness (QED) is 0.476. The Labute approximate surface area is 198 Å². The SMILES string of the molecule is CC1CN(CCCOc2ccc(C#N)cc2)CCC1C(C#N)(c1ccccc1)C1CCCC1. The first-order valence-corrected chi connectivity index (χ1v) is 12.5. The third-order valence-corrected chi connectivity index (χ3v) is 7.88. The van der Waals surface area contributed by atoms with Crippen molar-refractivity contribution in [2.45, 2.75) is 50.9 Å². The van der Waals surface area contributed by atoms with Crippen molar-refractivity contribution in [1.29, 1.82) is 10.5 Å². The van der Waals surface area contributed by atoms with E-state index in [1.54, 1.807) is 12.1 Å². The molecule has 0 aromatic heterocycles. The van der Waals surface area contributed by atoms with E-state index in [2.05, 4.69) is 54.3 Å². The molecule has 0 radical (unpaired) electrons. The monoisotopic (exact) mass is 441 g/mol. The number of nitrogens with zero attached hydrogens (tertiary/aromatic N) is 3. The number of nitriles is 2. The average molecular weight is 442 g/mol. The van der Waals surface area contributed by atoms with Gasteiger partial charge < -0.3 is 9.64 Å². The van der Waals surface area contributed by atoms with Gasteiger partial charge in [0.25, 0.3) is 0 Å². The van der Waals surface area contributed by atoms with Gasteiger partial charge in [-0.1, -0.05) is 50.1 Å². The smallest absolute Gasteiger partial charge is 0.119 e. The largest absolute Gasteiger partial charge is 0.494 e. The summed E-state index contributed by atoms with van der Waals surface area (Å²) in [5.74, 6) is 2.18. The van der Waals surface area contributed by atoms with Gasteiger partial charge in [-0.25, -0.2) is 0 Å². The minimum atomic E-state index is -0.359. The molecule has 2 aliphatic rings. The molecule has 2 aromatic carbocycles. The molecule has 0 bridgehead atoms. The fourth-order valence-electron chi connectivity index (χ4n) is 6.30. The van der Waals surface area contributed by atoms with Crippen molar-refractivity contribution >= 4 is 0 Å². The van der Waals surface area contributed by atoms with Gasteiger partial charge in [-0.15, -0.1) is 0 Å². The Kier molecular flexibility index (Phi) is 7.69. The van der Waals surface area contributed by atoms with Gasteiger partial charge in [0.15, 0.2) is 0 Å². The van der Waals surface area contributed by atoms with Crippen molar-refractivity contribution in [3.63, 3.8) is 0 Å². The Morgan fingerprint density at radius 1 is 1.00 bits per heavy atom. The summed E-state index contributed by atoms with van der Waals surface area (Å²) in [6, 6.07) is 23.0. The fourth-order valence-corrected chi connectivity index (χ4v) is 6.30. The average Bonchev–Trinajstić information content (AvgIpc) is 3.40. The van der Waals surface area contributed by atoms with Gasteiger partial charge in [0.05, 0.1) is 29.7 Å². The van der Waals surface area contributed by atoms with Crippen LogP contribution in [0.1, 0.15) is 56.6 Å². The third kappa shape index (κ3) is 5.07. The molecular weight excluding hydrogens is 406 g/mol. The summed E-state index contributed by atoms with van der Waals surface area (Å²) >= 11 is 0. The Morgan fingerprint density at radius 3 is 2.36 bits per heavy atom. The van der Waals surface area contributed by atoms with Crippen LogP contribution in [-0.2, 0) is 5.41 Å². The van der Waals surface area contributed by atoms with Crippen molar-refractivity contribution in [1.82, 2.24) is 4.90 Å². The Bertz CT molecular complexity index is 969. The molecule has 1 heterocycles. The van der Waals surface area contributed by atoms with Gasteiger partial charge in [-0.2, -0.15) is 10.5 Å². The highest BCUT2D eigenvalue weighted by Crippen LogP contribution is 2.51. The molecule has 0 spiro atoms. The highest BCUT2D eigenvalue weighted by molar-refractivity contribution is 5.36. The number of piperidine rings is 1. The van der Waals surface area contributed by atoms with Crippen LogP contribution in [0.2, 0.25) is 0 Å².